The van der Waals surface area contributed by atoms with Crippen LogP contribution in [0.1, 0.15) is 64.3 Å². The minimum Gasteiger partial charge on any atom is -0.359 e. The van der Waals surface area contributed by atoms with Crippen LogP contribution in [0.4, 0.5) is 10.7 Å². The third-order valence-electron chi connectivity index (χ3n) is 6.71. The van der Waals surface area contributed by atoms with Crippen molar-refractivity contribution in [3.8, 4) is 6.07 Å². The molecule has 0 spiro atoms. The molecule has 0 unspecified atom stereocenters. The van der Waals surface area contributed by atoms with Crippen molar-refractivity contribution in [1.82, 2.24) is 15.6 Å². The third kappa shape index (κ3) is 5.63. The van der Waals surface area contributed by atoms with E-state index in [1.807, 2.05) is 13.0 Å². The molecule has 3 aliphatic rings. The van der Waals surface area contributed by atoms with Gasteiger partial charge in [0.15, 0.2) is 5.11 Å². The first kappa shape index (κ1) is 23.7. The fraction of sp³-hybridized carbons (Fsp3) is 0.480. The highest BCUT2D eigenvalue weighted by Crippen LogP contribution is 2.40. The summed E-state index contributed by atoms with van der Waals surface area (Å²) in [5.41, 5.74) is 3.44. The number of aromatic nitrogens is 1. The Morgan fingerprint density at radius 1 is 1.20 bits per heavy atom. The smallest absolute Gasteiger partial charge is 0.254 e. The van der Waals surface area contributed by atoms with Gasteiger partial charge in [-0.1, -0.05) is 0 Å². The van der Waals surface area contributed by atoms with E-state index in [1.54, 1.807) is 12.1 Å². The first-order chi connectivity index (χ1) is 16.9. The number of amides is 2. The zero-order valence-electron chi connectivity index (χ0n) is 19.6. The SMILES string of the molecule is Cc1nc(C#N)ccc1NC(=S)N[C@H]1CCc2sc(NC(=O)C3CC3)c(C(=O)NCC3CC3)c2C1. The van der Waals surface area contributed by atoms with E-state index in [4.69, 9.17) is 17.5 Å². The Morgan fingerprint density at radius 3 is 2.69 bits per heavy atom. The average molecular weight is 509 g/mol. The molecule has 2 saturated carbocycles. The molecule has 1 atom stereocenters. The highest BCUT2D eigenvalue weighted by molar-refractivity contribution is 7.80. The molecule has 3 aliphatic carbocycles. The molecule has 0 bridgehead atoms. The van der Waals surface area contributed by atoms with E-state index < -0.39 is 0 Å². The van der Waals surface area contributed by atoms with Gasteiger partial charge in [-0.25, -0.2) is 4.98 Å². The number of thiocarbonyl (C=S) groups is 1. The largest absolute Gasteiger partial charge is 0.359 e. The lowest BCUT2D eigenvalue weighted by molar-refractivity contribution is -0.117. The van der Waals surface area contributed by atoms with Gasteiger partial charge >= 0.3 is 0 Å². The third-order valence-corrected chi connectivity index (χ3v) is 8.13. The van der Waals surface area contributed by atoms with Crippen molar-refractivity contribution in [3.63, 3.8) is 0 Å². The normalized spacial score (nSPS) is 18.7. The number of nitrogens with zero attached hydrogens (tertiary/aromatic N) is 2. The van der Waals surface area contributed by atoms with Crippen LogP contribution in [0, 0.1) is 30.1 Å². The van der Waals surface area contributed by atoms with Gasteiger partial charge in [0, 0.05) is 23.4 Å². The zero-order chi connectivity index (χ0) is 24.5. The summed E-state index contributed by atoms with van der Waals surface area (Å²) in [6, 6.07) is 5.54. The molecule has 0 radical (unpaired) electrons. The number of rotatable bonds is 7. The van der Waals surface area contributed by atoms with E-state index in [9.17, 15) is 9.59 Å². The molecule has 2 heterocycles. The van der Waals surface area contributed by atoms with Crippen LogP contribution in [0.15, 0.2) is 12.1 Å². The Kier molecular flexibility index (Phi) is 6.71. The van der Waals surface area contributed by atoms with Crippen LogP contribution in [0.2, 0.25) is 0 Å². The zero-order valence-corrected chi connectivity index (χ0v) is 21.2. The Bertz CT molecular complexity index is 1230. The monoisotopic (exact) mass is 508 g/mol. The van der Waals surface area contributed by atoms with Gasteiger partial charge in [-0.05, 0) is 87.7 Å². The molecule has 4 N–H and O–H groups in total. The number of carbonyl (C=O) groups is 2. The van der Waals surface area contributed by atoms with Gasteiger partial charge in [-0.2, -0.15) is 5.26 Å². The Hall–Kier alpha value is -3.03. The van der Waals surface area contributed by atoms with Gasteiger partial charge in [0.2, 0.25) is 5.91 Å². The van der Waals surface area contributed by atoms with Gasteiger partial charge in [-0.3, -0.25) is 9.59 Å². The van der Waals surface area contributed by atoms with Crippen molar-refractivity contribution in [2.45, 2.75) is 57.9 Å². The second kappa shape index (κ2) is 9.91. The number of aryl methyl sites for hydroxylation is 2. The van der Waals surface area contributed by atoms with Gasteiger partial charge < -0.3 is 21.3 Å². The van der Waals surface area contributed by atoms with Crippen molar-refractivity contribution in [3.05, 3.63) is 39.5 Å². The first-order valence-electron chi connectivity index (χ1n) is 12.1. The number of fused-ring (bicyclic) bond motifs is 1. The maximum absolute atomic E-state index is 13.2. The summed E-state index contributed by atoms with van der Waals surface area (Å²) in [6.45, 7) is 2.52. The fourth-order valence-corrected chi connectivity index (χ4v) is 5.86. The van der Waals surface area contributed by atoms with Gasteiger partial charge in [0.25, 0.3) is 5.91 Å². The molecule has 2 fully saturated rings. The summed E-state index contributed by atoms with van der Waals surface area (Å²) >= 11 is 7.09. The summed E-state index contributed by atoms with van der Waals surface area (Å²) in [7, 11) is 0. The molecule has 2 amide bonds. The minimum absolute atomic E-state index is 0.0197. The van der Waals surface area contributed by atoms with E-state index in [1.165, 1.54) is 11.3 Å². The topological polar surface area (TPSA) is 119 Å². The van der Waals surface area contributed by atoms with Crippen LogP contribution in [0.25, 0.3) is 0 Å². The molecule has 5 rings (SSSR count). The van der Waals surface area contributed by atoms with Crippen LogP contribution in [-0.4, -0.2) is 34.5 Å². The number of hydrogen-bond acceptors (Lipinski definition) is 6. The standard InChI is InChI=1S/C25H28N6O2S2/c1-13-19(8-6-17(11-26)28-13)30-25(34)29-16-7-9-20-18(10-16)21(23(33)27-12-14-2-3-14)24(35-20)31-22(32)15-4-5-15/h6,8,14-16H,2-5,7,9-10,12H2,1H3,(H,27,33)(H,31,32)(H2,29,30,34)/t16-/m0/s1. The molecular formula is C25H28N6O2S2. The van der Waals surface area contributed by atoms with Gasteiger partial charge in [0.1, 0.15) is 16.8 Å². The average Bonchev–Trinajstić information content (AvgIpc) is 3.75. The van der Waals surface area contributed by atoms with Crippen LogP contribution in [0.3, 0.4) is 0 Å². The predicted molar refractivity (Wildman–Crippen MR) is 140 cm³/mol. The molecule has 0 saturated heterocycles. The van der Waals surface area contributed by atoms with Crippen molar-refractivity contribution in [2.75, 3.05) is 17.2 Å². The Labute approximate surface area is 213 Å². The second-order valence-corrected chi connectivity index (χ2v) is 11.1. The van der Waals surface area contributed by atoms with Crippen molar-refractivity contribution in [2.24, 2.45) is 11.8 Å². The Morgan fingerprint density at radius 2 is 2.00 bits per heavy atom. The molecule has 8 nitrogen and oxygen atoms in total. The number of nitriles is 1. The minimum atomic E-state index is -0.0962. The van der Waals surface area contributed by atoms with Crippen LogP contribution >= 0.6 is 23.6 Å². The van der Waals surface area contributed by atoms with E-state index in [-0.39, 0.29) is 23.8 Å². The summed E-state index contributed by atoms with van der Waals surface area (Å²) in [6.07, 6.45) is 6.52. The molecule has 35 heavy (non-hydrogen) atoms. The summed E-state index contributed by atoms with van der Waals surface area (Å²) in [5, 5.41) is 22.9. The number of thiophene rings is 1. The van der Waals surface area contributed by atoms with Crippen molar-refractivity contribution < 1.29 is 9.59 Å². The highest BCUT2D eigenvalue weighted by Gasteiger charge is 2.34. The maximum atomic E-state index is 13.2. The molecular weight excluding hydrogens is 480 g/mol. The van der Waals surface area contributed by atoms with Gasteiger partial charge in [0.05, 0.1) is 16.9 Å². The van der Waals surface area contributed by atoms with Gasteiger partial charge in [-0.15, -0.1) is 11.3 Å². The first-order valence-corrected chi connectivity index (χ1v) is 13.3. The van der Waals surface area contributed by atoms with Crippen molar-refractivity contribution in [1.29, 1.82) is 5.26 Å². The number of pyridine rings is 1. The predicted octanol–water partition coefficient (Wildman–Crippen LogP) is 3.66. The number of carbonyl (C=O) groups excluding carboxylic acids is 2. The highest BCUT2D eigenvalue weighted by atomic mass is 32.1. The summed E-state index contributed by atoms with van der Waals surface area (Å²) in [4.78, 5) is 31.1. The molecule has 2 aromatic heterocycles. The molecule has 182 valence electrons. The fourth-order valence-electron chi connectivity index (χ4n) is 4.34. The van der Waals surface area contributed by atoms with Crippen LogP contribution < -0.4 is 21.3 Å². The lowest BCUT2D eigenvalue weighted by atomic mass is 9.91. The summed E-state index contributed by atoms with van der Waals surface area (Å²) < 4.78 is 0. The van der Waals surface area contributed by atoms with E-state index >= 15 is 0 Å². The lowest BCUT2D eigenvalue weighted by Gasteiger charge is -2.25. The van der Waals surface area contributed by atoms with Crippen LogP contribution in [0.5, 0.6) is 0 Å². The van der Waals surface area contributed by atoms with Crippen molar-refractivity contribution >= 4 is 51.2 Å². The number of nitrogens with one attached hydrogen (secondary N) is 4. The Balaban J connectivity index is 1.29. The van der Waals surface area contributed by atoms with E-state index in [0.717, 1.165) is 54.7 Å². The second-order valence-electron chi connectivity index (χ2n) is 9.60. The number of hydrogen-bond donors (Lipinski definition) is 4. The lowest BCUT2D eigenvalue weighted by Crippen LogP contribution is -2.41. The summed E-state index contributed by atoms with van der Waals surface area (Å²) in [5.74, 6) is 0.581. The molecule has 2 aromatic rings. The number of anilines is 2. The maximum Gasteiger partial charge on any atom is 0.254 e. The van der Waals surface area contributed by atoms with E-state index in [0.29, 0.717) is 45.9 Å². The van der Waals surface area contributed by atoms with E-state index in [2.05, 4.69) is 26.3 Å². The molecule has 10 heteroatoms. The molecule has 0 aliphatic heterocycles. The molecule has 0 aromatic carbocycles. The quantitative estimate of drug-likeness (QED) is 0.422. The van der Waals surface area contributed by atoms with Crippen LogP contribution in [-0.2, 0) is 17.6 Å².